The molecule has 3 aromatic rings. The van der Waals surface area contributed by atoms with E-state index in [2.05, 4.69) is 11.4 Å². The van der Waals surface area contributed by atoms with Crippen molar-refractivity contribution in [3.63, 3.8) is 0 Å². The molecule has 122 valence electrons. The Bertz CT molecular complexity index is 810. The van der Waals surface area contributed by atoms with Gasteiger partial charge < -0.3 is 9.88 Å². The zero-order chi connectivity index (χ0) is 16.9. The highest BCUT2D eigenvalue weighted by molar-refractivity contribution is 5.91. The number of amides is 1. The van der Waals surface area contributed by atoms with Crippen molar-refractivity contribution in [2.45, 2.75) is 19.4 Å². The Morgan fingerprint density at radius 2 is 1.79 bits per heavy atom. The Hall–Kier alpha value is -2.88. The quantitative estimate of drug-likeness (QED) is 0.734. The third-order valence-corrected chi connectivity index (χ3v) is 3.92. The lowest BCUT2D eigenvalue weighted by atomic mass is 10.0. The monoisotopic (exact) mass is 322 g/mol. The van der Waals surface area contributed by atoms with E-state index in [4.69, 9.17) is 0 Å². The average Bonchev–Trinajstić information content (AvgIpc) is 3.09. The summed E-state index contributed by atoms with van der Waals surface area (Å²) in [4.78, 5) is 12.4. The maximum atomic E-state index is 13.0. The van der Waals surface area contributed by atoms with E-state index in [1.165, 1.54) is 12.1 Å². The van der Waals surface area contributed by atoms with Crippen molar-refractivity contribution in [2.75, 3.05) is 5.32 Å². The number of carbonyl (C=O) groups is 1. The minimum Gasteiger partial charge on any atom is -0.346 e. The molecular formula is C20H19FN2O. The number of nitrogens with one attached hydrogen (secondary N) is 1. The molecule has 0 radical (unpaired) electrons. The van der Waals surface area contributed by atoms with Crippen LogP contribution in [-0.4, -0.2) is 10.5 Å². The van der Waals surface area contributed by atoms with Gasteiger partial charge >= 0.3 is 0 Å². The molecule has 1 heterocycles. The summed E-state index contributed by atoms with van der Waals surface area (Å²) in [6.07, 6.45) is 4.21. The van der Waals surface area contributed by atoms with Crippen LogP contribution in [0.2, 0.25) is 0 Å². The highest BCUT2D eigenvalue weighted by Gasteiger charge is 2.17. The van der Waals surface area contributed by atoms with Crippen LogP contribution in [0.4, 0.5) is 10.1 Å². The Morgan fingerprint density at radius 3 is 2.46 bits per heavy atom. The fraction of sp³-hybridized carbons (Fsp3) is 0.150. The number of hydrogen-bond donors (Lipinski definition) is 1. The number of aromatic nitrogens is 1. The van der Waals surface area contributed by atoms with Crippen LogP contribution in [0.15, 0.2) is 73.1 Å². The Balaban J connectivity index is 1.79. The molecule has 2 aromatic carbocycles. The molecule has 1 atom stereocenters. The second-order valence-corrected chi connectivity index (χ2v) is 5.82. The normalized spacial score (nSPS) is 11.9. The number of nitrogens with zero attached hydrogens (tertiary/aromatic N) is 1. The smallest absolute Gasteiger partial charge is 0.226 e. The Morgan fingerprint density at radius 1 is 1.08 bits per heavy atom. The molecule has 0 aliphatic rings. The molecule has 0 aliphatic carbocycles. The SMILES string of the molecule is Cc1cccc([C@@H](CC(=O)Nc2ccc(F)cc2)n2cccc2)c1. The summed E-state index contributed by atoms with van der Waals surface area (Å²) in [5, 5.41) is 2.83. The molecular weight excluding hydrogens is 303 g/mol. The third kappa shape index (κ3) is 3.90. The average molecular weight is 322 g/mol. The van der Waals surface area contributed by atoms with Crippen LogP contribution in [0.25, 0.3) is 0 Å². The lowest BCUT2D eigenvalue weighted by Gasteiger charge is -2.20. The predicted octanol–water partition coefficient (Wildman–Crippen LogP) is 4.55. The van der Waals surface area contributed by atoms with Crippen molar-refractivity contribution < 1.29 is 9.18 Å². The highest BCUT2D eigenvalue weighted by Crippen LogP contribution is 2.24. The summed E-state index contributed by atoms with van der Waals surface area (Å²) in [6, 6.07) is 17.8. The largest absolute Gasteiger partial charge is 0.346 e. The van der Waals surface area contributed by atoms with Crippen LogP contribution in [0, 0.1) is 12.7 Å². The Labute approximate surface area is 140 Å². The number of benzene rings is 2. The first-order valence-electron chi connectivity index (χ1n) is 7.86. The molecule has 1 amide bonds. The molecule has 3 nitrogen and oxygen atoms in total. The van der Waals surface area contributed by atoms with Crippen LogP contribution >= 0.6 is 0 Å². The van der Waals surface area contributed by atoms with Crippen molar-refractivity contribution in [3.05, 3.63) is 90.0 Å². The minimum absolute atomic E-state index is 0.0830. The Kier molecular flexibility index (Phi) is 4.75. The van der Waals surface area contributed by atoms with Gasteiger partial charge in [-0.2, -0.15) is 0 Å². The van der Waals surface area contributed by atoms with Gasteiger partial charge in [-0.3, -0.25) is 4.79 Å². The maximum Gasteiger partial charge on any atom is 0.226 e. The van der Waals surface area contributed by atoms with Gasteiger partial charge in [0.2, 0.25) is 5.91 Å². The molecule has 4 heteroatoms. The first-order chi connectivity index (χ1) is 11.6. The lowest BCUT2D eigenvalue weighted by Crippen LogP contribution is -2.19. The first-order valence-corrected chi connectivity index (χ1v) is 7.86. The standard InChI is InChI=1S/C20H19FN2O/c1-15-5-4-6-16(13-15)19(23-11-2-3-12-23)14-20(24)22-18-9-7-17(21)8-10-18/h2-13,19H,14H2,1H3,(H,22,24)/t19-/m1/s1. The van der Waals surface area contributed by atoms with Crippen LogP contribution in [0.5, 0.6) is 0 Å². The maximum absolute atomic E-state index is 13.0. The van der Waals surface area contributed by atoms with Gasteiger partial charge in [0.25, 0.3) is 0 Å². The van der Waals surface area contributed by atoms with Crippen molar-refractivity contribution in [3.8, 4) is 0 Å². The summed E-state index contributed by atoms with van der Waals surface area (Å²) >= 11 is 0. The number of carbonyl (C=O) groups excluding carboxylic acids is 1. The fourth-order valence-electron chi connectivity index (χ4n) is 2.75. The van der Waals surface area contributed by atoms with E-state index >= 15 is 0 Å². The number of halogens is 1. The predicted molar refractivity (Wildman–Crippen MR) is 93.4 cm³/mol. The molecule has 3 rings (SSSR count). The van der Waals surface area contributed by atoms with Crippen LogP contribution in [0.1, 0.15) is 23.6 Å². The highest BCUT2D eigenvalue weighted by atomic mass is 19.1. The van der Waals surface area contributed by atoms with Gasteiger partial charge in [0.1, 0.15) is 5.82 Å². The minimum atomic E-state index is -0.321. The van der Waals surface area contributed by atoms with Gasteiger partial charge in [-0.1, -0.05) is 29.8 Å². The molecule has 0 unspecified atom stereocenters. The third-order valence-electron chi connectivity index (χ3n) is 3.92. The molecule has 0 saturated carbocycles. The molecule has 24 heavy (non-hydrogen) atoms. The molecule has 0 spiro atoms. The van der Waals surface area contributed by atoms with E-state index in [0.29, 0.717) is 12.1 Å². The molecule has 1 N–H and O–H groups in total. The van der Waals surface area contributed by atoms with Crippen molar-refractivity contribution >= 4 is 11.6 Å². The lowest BCUT2D eigenvalue weighted by molar-refractivity contribution is -0.116. The number of hydrogen-bond acceptors (Lipinski definition) is 1. The molecule has 0 saturated heterocycles. The molecule has 0 bridgehead atoms. The van der Waals surface area contributed by atoms with Crippen LogP contribution < -0.4 is 5.32 Å². The number of rotatable bonds is 5. The summed E-state index contributed by atoms with van der Waals surface area (Å²) in [5.41, 5.74) is 2.83. The zero-order valence-electron chi connectivity index (χ0n) is 13.4. The van der Waals surface area contributed by atoms with Crippen LogP contribution in [0.3, 0.4) is 0 Å². The van der Waals surface area contributed by atoms with E-state index in [9.17, 15) is 9.18 Å². The van der Waals surface area contributed by atoms with Crippen molar-refractivity contribution in [1.29, 1.82) is 0 Å². The second-order valence-electron chi connectivity index (χ2n) is 5.82. The molecule has 1 aromatic heterocycles. The van der Waals surface area contributed by atoms with E-state index in [-0.39, 0.29) is 17.8 Å². The van der Waals surface area contributed by atoms with Crippen molar-refractivity contribution in [1.82, 2.24) is 4.57 Å². The van der Waals surface area contributed by atoms with Crippen LogP contribution in [-0.2, 0) is 4.79 Å². The van der Waals surface area contributed by atoms with Gasteiger partial charge in [-0.15, -0.1) is 0 Å². The summed E-state index contributed by atoms with van der Waals surface area (Å²) in [7, 11) is 0. The van der Waals surface area contributed by atoms with E-state index in [1.54, 1.807) is 12.1 Å². The van der Waals surface area contributed by atoms with Gasteiger partial charge in [0.15, 0.2) is 0 Å². The van der Waals surface area contributed by atoms with Gasteiger partial charge in [-0.25, -0.2) is 4.39 Å². The molecule has 0 fully saturated rings. The van der Waals surface area contributed by atoms with Crippen molar-refractivity contribution in [2.24, 2.45) is 0 Å². The summed E-state index contributed by atoms with van der Waals surface area (Å²) < 4.78 is 15.0. The summed E-state index contributed by atoms with van der Waals surface area (Å²) in [6.45, 7) is 2.04. The van der Waals surface area contributed by atoms with E-state index < -0.39 is 0 Å². The molecule has 0 aliphatic heterocycles. The second kappa shape index (κ2) is 7.13. The fourth-order valence-corrected chi connectivity index (χ4v) is 2.75. The van der Waals surface area contributed by atoms with Gasteiger partial charge in [0, 0.05) is 18.1 Å². The number of aryl methyl sites for hydroxylation is 1. The van der Waals surface area contributed by atoms with Gasteiger partial charge in [0.05, 0.1) is 12.5 Å². The zero-order valence-corrected chi connectivity index (χ0v) is 13.4. The van der Waals surface area contributed by atoms with E-state index in [0.717, 1.165) is 11.1 Å². The van der Waals surface area contributed by atoms with Gasteiger partial charge in [-0.05, 0) is 48.9 Å². The first kappa shape index (κ1) is 16.0. The number of anilines is 1. The summed E-state index contributed by atoms with van der Waals surface area (Å²) in [5.74, 6) is -0.431. The van der Waals surface area contributed by atoms with E-state index in [1.807, 2.05) is 54.2 Å². The topological polar surface area (TPSA) is 34.0 Å².